The molecule has 1 aromatic rings. The van der Waals surface area contributed by atoms with Gasteiger partial charge in [-0.1, -0.05) is 34.6 Å². The zero-order valence-electron chi connectivity index (χ0n) is 13.3. The fourth-order valence-electron chi connectivity index (χ4n) is 2.31. The first kappa shape index (κ1) is 16.2. The van der Waals surface area contributed by atoms with Crippen molar-refractivity contribution in [3.63, 3.8) is 0 Å². The Morgan fingerprint density at radius 1 is 1.26 bits per heavy atom. The first-order chi connectivity index (χ1) is 8.88. The monoisotopic (exact) mass is 265 g/mol. The number of rotatable bonds is 7. The van der Waals surface area contributed by atoms with Gasteiger partial charge in [-0.2, -0.15) is 5.10 Å². The van der Waals surface area contributed by atoms with Gasteiger partial charge < -0.3 is 5.73 Å². The fourth-order valence-corrected chi connectivity index (χ4v) is 2.31. The second-order valence-corrected chi connectivity index (χ2v) is 6.62. The molecule has 0 aliphatic heterocycles. The zero-order valence-corrected chi connectivity index (χ0v) is 13.3. The topological polar surface area (TPSA) is 43.8 Å². The lowest BCUT2D eigenvalue weighted by Gasteiger charge is -2.26. The van der Waals surface area contributed by atoms with Gasteiger partial charge >= 0.3 is 0 Å². The highest BCUT2D eigenvalue weighted by Gasteiger charge is 2.19. The van der Waals surface area contributed by atoms with Gasteiger partial charge in [0.1, 0.15) is 0 Å². The predicted octanol–water partition coefficient (Wildman–Crippen LogP) is 3.94. The molecule has 110 valence electrons. The van der Waals surface area contributed by atoms with Crippen molar-refractivity contribution in [3.8, 4) is 0 Å². The van der Waals surface area contributed by atoms with E-state index in [9.17, 15) is 0 Å². The number of hydrogen-bond acceptors (Lipinski definition) is 2. The van der Waals surface area contributed by atoms with Crippen LogP contribution in [0.1, 0.15) is 72.0 Å². The number of hydrogen-bond donors (Lipinski definition) is 1. The van der Waals surface area contributed by atoms with Crippen LogP contribution in [0.5, 0.6) is 0 Å². The van der Waals surface area contributed by atoms with E-state index in [1.165, 1.54) is 5.69 Å². The van der Waals surface area contributed by atoms with Crippen LogP contribution in [0.2, 0.25) is 0 Å². The van der Waals surface area contributed by atoms with Crippen molar-refractivity contribution in [3.05, 3.63) is 18.0 Å². The molecule has 0 radical (unpaired) electrons. The largest absolute Gasteiger partial charge is 0.327 e. The van der Waals surface area contributed by atoms with Gasteiger partial charge in [-0.3, -0.25) is 4.68 Å². The van der Waals surface area contributed by atoms with Crippen LogP contribution in [-0.2, 0) is 6.42 Å². The van der Waals surface area contributed by atoms with Crippen LogP contribution in [0.4, 0.5) is 0 Å². The highest BCUT2D eigenvalue weighted by Crippen LogP contribution is 2.21. The molecular weight excluding hydrogens is 234 g/mol. The zero-order chi connectivity index (χ0) is 14.5. The molecule has 3 heteroatoms. The van der Waals surface area contributed by atoms with E-state index in [4.69, 9.17) is 5.73 Å². The summed E-state index contributed by atoms with van der Waals surface area (Å²) in [5, 5.41) is 4.69. The summed E-state index contributed by atoms with van der Waals surface area (Å²) in [6.07, 6.45) is 7.65. The maximum absolute atomic E-state index is 6.19. The van der Waals surface area contributed by atoms with Crippen molar-refractivity contribution in [2.45, 2.75) is 78.8 Å². The Bertz CT molecular complexity index is 358. The number of nitrogens with zero attached hydrogens (tertiary/aromatic N) is 2. The van der Waals surface area contributed by atoms with Crippen molar-refractivity contribution in [1.29, 1.82) is 0 Å². The molecule has 0 bridgehead atoms. The van der Waals surface area contributed by atoms with Crippen LogP contribution in [0.15, 0.2) is 12.3 Å². The summed E-state index contributed by atoms with van der Waals surface area (Å²) >= 11 is 0. The molecule has 0 saturated carbocycles. The third-order valence-corrected chi connectivity index (χ3v) is 4.04. The fraction of sp³-hybridized carbons (Fsp3) is 0.812. The van der Waals surface area contributed by atoms with E-state index in [2.05, 4.69) is 56.7 Å². The Morgan fingerprint density at radius 2 is 1.89 bits per heavy atom. The van der Waals surface area contributed by atoms with Crippen molar-refractivity contribution in [1.82, 2.24) is 9.78 Å². The summed E-state index contributed by atoms with van der Waals surface area (Å²) in [6.45, 7) is 11.1. The average Bonchev–Trinajstić information content (AvgIpc) is 2.78. The number of aryl methyl sites for hydroxylation is 1. The summed E-state index contributed by atoms with van der Waals surface area (Å²) in [7, 11) is 0. The highest BCUT2D eigenvalue weighted by atomic mass is 15.3. The van der Waals surface area contributed by atoms with Gasteiger partial charge in [-0.25, -0.2) is 0 Å². The molecular formula is C16H31N3. The molecule has 1 atom stereocenters. The molecule has 1 aromatic heterocycles. The third kappa shape index (κ3) is 4.98. The van der Waals surface area contributed by atoms with Gasteiger partial charge in [-0.15, -0.1) is 0 Å². The Balaban J connectivity index is 2.43. The molecule has 19 heavy (non-hydrogen) atoms. The molecule has 0 amide bonds. The Kier molecular flexibility index (Phi) is 6.05. The lowest BCUT2D eigenvalue weighted by atomic mass is 9.84. The van der Waals surface area contributed by atoms with E-state index < -0.39 is 0 Å². The Hall–Kier alpha value is -0.830. The maximum atomic E-state index is 6.19. The predicted molar refractivity (Wildman–Crippen MR) is 82.2 cm³/mol. The number of aromatic nitrogens is 2. The van der Waals surface area contributed by atoms with Crippen LogP contribution in [-0.4, -0.2) is 15.8 Å². The smallest absolute Gasteiger partial charge is 0.0624 e. The normalized spacial score (nSPS) is 14.1. The van der Waals surface area contributed by atoms with Crippen molar-refractivity contribution < 1.29 is 0 Å². The van der Waals surface area contributed by atoms with E-state index in [0.29, 0.717) is 6.04 Å². The summed E-state index contributed by atoms with van der Waals surface area (Å²) in [5.74, 6) is 0. The molecule has 0 fully saturated rings. The quantitative estimate of drug-likeness (QED) is 0.811. The minimum absolute atomic E-state index is 0.203. The Labute approximate surface area is 118 Å². The van der Waals surface area contributed by atoms with E-state index in [-0.39, 0.29) is 11.5 Å². The van der Waals surface area contributed by atoms with Crippen LogP contribution >= 0.6 is 0 Å². The van der Waals surface area contributed by atoms with Crippen molar-refractivity contribution in [2.75, 3.05) is 0 Å². The molecule has 2 N–H and O–H groups in total. The molecule has 1 rings (SSSR count). The van der Waals surface area contributed by atoms with Crippen molar-refractivity contribution >= 4 is 0 Å². The third-order valence-electron chi connectivity index (χ3n) is 4.04. The summed E-state index contributed by atoms with van der Waals surface area (Å²) in [5.41, 5.74) is 7.59. The molecule has 0 aliphatic carbocycles. The van der Waals surface area contributed by atoms with Gasteiger partial charge in [0.15, 0.2) is 0 Å². The molecule has 0 aromatic carbocycles. The minimum atomic E-state index is 0.203. The SMILES string of the molecule is CCC(CC)n1ccc(CCCC(N)C(C)(C)C)n1. The van der Waals surface area contributed by atoms with Gasteiger partial charge in [-0.05, 0) is 43.6 Å². The lowest BCUT2D eigenvalue weighted by molar-refractivity contribution is 0.301. The van der Waals surface area contributed by atoms with Crippen LogP contribution in [0, 0.1) is 5.41 Å². The van der Waals surface area contributed by atoms with Gasteiger partial charge in [0.05, 0.1) is 11.7 Å². The van der Waals surface area contributed by atoms with Gasteiger partial charge in [0.25, 0.3) is 0 Å². The minimum Gasteiger partial charge on any atom is -0.327 e. The lowest BCUT2D eigenvalue weighted by Crippen LogP contribution is -2.34. The molecule has 0 spiro atoms. The number of nitrogens with two attached hydrogens (primary N) is 1. The first-order valence-electron chi connectivity index (χ1n) is 7.68. The second-order valence-electron chi connectivity index (χ2n) is 6.62. The van der Waals surface area contributed by atoms with E-state index in [0.717, 1.165) is 32.1 Å². The van der Waals surface area contributed by atoms with Crippen LogP contribution in [0.3, 0.4) is 0 Å². The van der Waals surface area contributed by atoms with E-state index in [1.807, 2.05) is 0 Å². The van der Waals surface area contributed by atoms with E-state index >= 15 is 0 Å². The molecule has 0 saturated heterocycles. The molecule has 1 unspecified atom stereocenters. The standard InChI is InChI=1S/C16H31N3/c1-6-14(7-2)19-12-11-13(18-19)9-8-10-15(17)16(3,4)5/h11-12,14-15H,6-10,17H2,1-5H3. The van der Waals surface area contributed by atoms with Crippen LogP contribution in [0.25, 0.3) is 0 Å². The van der Waals surface area contributed by atoms with E-state index in [1.54, 1.807) is 0 Å². The molecule has 1 heterocycles. The average molecular weight is 265 g/mol. The van der Waals surface area contributed by atoms with Crippen LogP contribution < -0.4 is 5.73 Å². The van der Waals surface area contributed by atoms with Gasteiger partial charge in [0.2, 0.25) is 0 Å². The Morgan fingerprint density at radius 3 is 2.42 bits per heavy atom. The highest BCUT2D eigenvalue weighted by molar-refractivity contribution is 5.00. The first-order valence-corrected chi connectivity index (χ1v) is 7.68. The second kappa shape index (κ2) is 7.09. The maximum Gasteiger partial charge on any atom is 0.0624 e. The van der Waals surface area contributed by atoms with Gasteiger partial charge in [0, 0.05) is 12.2 Å². The molecule has 0 aliphatic rings. The summed E-state index contributed by atoms with van der Waals surface area (Å²) in [6, 6.07) is 2.97. The summed E-state index contributed by atoms with van der Waals surface area (Å²) in [4.78, 5) is 0. The summed E-state index contributed by atoms with van der Waals surface area (Å²) < 4.78 is 2.12. The van der Waals surface area contributed by atoms with Crippen molar-refractivity contribution in [2.24, 2.45) is 11.1 Å². The molecule has 3 nitrogen and oxygen atoms in total.